The molecule has 2 atom stereocenters. The number of nitrogens with one attached hydrogen (secondary N) is 1. The van der Waals surface area contributed by atoms with Crippen LogP contribution in [-0.2, 0) is 4.74 Å². The average Bonchev–Trinajstić information content (AvgIpc) is 3.17. The summed E-state index contributed by atoms with van der Waals surface area (Å²) >= 11 is 0. The minimum absolute atomic E-state index is 0.0469. The fraction of sp³-hybridized carbons (Fsp3) is 0.375. The molecule has 1 aromatic carbocycles. The Morgan fingerprint density at radius 3 is 2.95 bits per heavy atom. The van der Waals surface area contributed by atoms with Crippen LogP contribution in [0.4, 0.5) is 4.39 Å². The highest BCUT2D eigenvalue weighted by molar-refractivity contribution is 5.94. The summed E-state index contributed by atoms with van der Waals surface area (Å²) in [5, 5.41) is 0. The van der Waals surface area contributed by atoms with Crippen molar-refractivity contribution in [2.24, 2.45) is 0 Å². The number of carbonyl (C=O) groups is 1. The Morgan fingerprint density at radius 1 is 1.50 bits per heavy atom. The van der Waals surface area contributed by atoms with E-state index < -0.39 is 0 Å². The number of aromatic nitrogens is 2. The van der Waals surface area contributed by atoms with Crippen molar-refractivity contribution in [3.05, 3.63) is 53.4 Å². The molecule has 0 radical (unpaired) electrons. The van der Waals surface area contributed by atoms with Crippen LogP contribution in [0.25, 0.3) is 0 Å². The van der Waals surface area contributed by atoms with E-state index >= 15 is 0 Å². The van der Waals surface area contributed by atoms with Crippen LogP contribution in [-0.4, -0.2) is 40.5 Å². The van der Waals surface area contributed by atoms with Crippen LogP contribution < -0.4 is 0 Å². The normalized spacial score (nSPS) is 21.3. The van der Waals surface area contributed by atoms with Crippen molar-refractivity contribution in [2.75, 3.05) is 13.7 Å². The molecule has 22 heavy (non-hydrogen) atoms. The molecule has 0 aliphatic carbocycles. The van der Waals surface area contributed by atoms with Gasteiger partial charge in [0.05, 0.1) is 12.1 Å². The summed E-state index contributed by atoms with van der Waals surface area (Å²) in [4.78, 5) is 21.7. The SMILES string of the molecule is CO[C@@H]1CC(c2ncc[nH]2)N(C(=O)c2ccc(C)c(F)c2)C1. The average molecular weight is 303 g/mol. The number of amides is 1. The summed E-state index contributed by atoms with van der Waals surface area (Å²) in [5.74, 6) is 0.142. The Kier molecular flexibility index (Phi) is 3.94. The molecule has 1 aliphatic heterocycles. The molecule has 1 aliphatic rings. The Hall–Kier alpha value is -2.21. The number of halogens is 1. The second-order valence-corrected chi connectivity index (χ2v) is 5.51. The number of benzene rings is 1. The molecule has 6 heteroatoms. The van der Waals surface area contributed by atoms with Gasteiger partial charge in [-0.2, -0.15) is 0 Å². The molecule has 2 heterocycles. The van der Waals surface area contributed by atoms with Gasteiger partial charge in [-0.15, -0.1) is 0 Å². The Morgan fingerprint density at radius 2 is 2.32 bits per heavy atom. The smallest absolute Gasteiger partial charge is 0.254 e. The van der Waals surface area contributed by atoms with E-state index in [2.05, 4.69) is 9.97 Å². The highest BCUT2D eigenvalue weighted by atomic mass is 19.1. The van der Waals surface area contributed by atoms with Gasteiger partial charge in [-0.25, -0.2) is 9.37 Å². The molecule has 1 saturated heterocycles. The first kappa shape index (κ1) is 14.7. The lowest BCUT2D eigenvalue weighted by molar-refractivity contribution is 0.0684. The van der Waals surface area contributed by atoms with E-state index in [1.165, 1.54) is 6.07 Å². The molecule has 1 amide bonds. The van der Waals surface area contributed by atoms with Gasteiger partial charge in [0.15, 0.2) is 0 Å². The quantitative estimate of drug-likeness (QED) is 0.947. The lowest BCUT2D eigenvalue weighted by atomic mass is 10.1. The highest BCUT2D eigenvalue weighted by Crippen LogP contribution is 2.32. The maximum atomic E-state index is 13.7. The van der Waals surface area contributed by atoms with Crippen LogP contribution in [0.3, 0.4) is 0 Å². The zero-order valence-corrected chi connectivity index (χ0v) is 12.5. The predicted octanol–water partition coefficient (Wildman–Crippen LogP) is 2.46. The molecule has 1 N–H and O–H groups in total. The standard InChI is InChI=1S/C16H18FN3O2/c1-10-3-4-11(7-13(10)17)16(21)20-9-12(22-2)8-14(20)15-18-5-6-19-15/h3-7,12,14H,8-9H2,1-2H3,(H,18,19)/t12-,14?/m1/s1. The van der Waals surface area contributed by atoms with Crippen LogP contribution in [0.1, 0.15) is 34.2 Å². The van der Waals surface area contributed by atoms with E-state index in [4.69, 9.17) is 4.74 Å². The number of H-pyrrole nitrogens is 1. The Balaban J connectivity index is 1.90. The van der Waals surface area contributed by atoms with Crippen molar-refractivity contribution < 1.29 is 13.9 Å². The van der Waals surface area contributed by atoms with E-state index in [0.29, 0.717) is 24.1 Å². The zero-order chi connectivity index (χ0) is 15.7. The Labute approximate surface area is 128 Å². The molecule has 1 fully saturated rings. The fourth-order valence-electron chi connectivity index (χ4n) is 2.80. The van der Waals surface area contributed by atoms with Gasteiger partial charge in [-0.1, -0.05) is 6.07 Å². The van der Waals surface area contributed by atoms with Gasteiger partial charge in [-0.05, 0) is 24.6 Å². The second kappa shape index (κ2) is 5.88. The summed E-state index contributed by atoms with van der Waals surface area (Å²) in [6, 6.07) is 4.38. The van der Waals surface area contributed by atoms with Crippen LogP contribution in [0, 0.1) is 12.7 Å². The van der Waals surface area contributed by atoms with Gasteiger partial charge in [0.1, 0.15) is 11.6 Å². The first-order valence-electron chi connectivity index (χ1n) is 7.19. The van der Waals surface area contributed by atoms with Crippen LogP contribution in [0.5, 0.6) is 0 Å². The van der Waals surface area contributed by atoms with Gasteiger partial charge < -0.3 is 14.6 Å². The van der Waals surface area contributed by atoms with E-state index in [-0.39, 0.29) is 23.9 Å². The van der Waals surface area contributed by atoms with Crippen LogP contribution >= 0.6 is 0 Å². The molecular weight excluding hydrogens is 285 g/mol. The molecule has 2 aromatic rings. The van der Waals surface area contributed by atoms with Crippen molar-refractivity contribution >= 4 is 5.91 Å². The number of rotatable bonds is 3. The van der Waals surface area contributed by atoms with Crippen molar-refractivity contribution in [1.82, 2.24) is 14.9 Å². The molecule has 0 bridgehead atoms. The van der Waals surface area contributed by atoms with E-state index in [1.807, 2.05) is 0 Å². The van der Waals surface area contributed by atoms with Gasteiger partial charge in [0, 0.05) is 38.0 Å². The third kappa shape index (κ3) is 2.62. The summed E-state index contributed by atoms with van der Waals surface area (Å²) in [5.41, 5.74) is 0.867. The molecule has 116 valence electrons. The molecular formula is C16H18FN3O2. The van der Waals surface area contributed by atoms with E-state index in [1.54, 1.807) is 43.5 Å². The first-order chi connectivity index (χ1) is 10.6. The van der Waals surface area contributed by atoms with Crippen molar-refractivity contribution in [1.29, 1.82) is 0 Å². The summed E-state index contributed by atoms with van der Waals surface area (Å²) in [6.45, 7) is 2.14. The number of carbonyl (C=O) groups excluding carboxylic acids is 1. The molecule has 5 nitrogen and oxygen atoms in total. The van der Waals surface area contributed by atoms with Crippen molar-refractivity contribution in [3.8, 4) is 0 Å². The number of nitrogens with zero attached hydrogens (tertiary/aromatic N) is 2. The fourth-order valence-corrected chi connectivity index (χ4v) is 2.80. The van der Waals surface area contributed by atoms with Gasteiger partial charge >= 0.3 is 0 Å². The van der Waals surface area contributed by atoms with Crippen molar-refractivity contribution in [3.63, 3.8) is 0 Å². The number of methoxy groups -OCH3 is 1. The van der Waals surface area contributed by atoms with Gasteiger partial charge in [0.2, 0.25) is 0 Å². The van der Waals surface area contributed by atoms with Crippen LogP contribution in [0.2, 0.25) is 0 Å². The molecule has 1 unspecified atom stereocenters. The molecule has 0 spiro atoms. The second-order valence-electron chi connectivity index (χ2n) is 5.51. The molecule has 3 rings (SSSR count). The third-order valence-electron chi connectivity index (χ3n) is 4.11. The largest absolute Gasteiger partial charge is 0.380 e. The van der Waals surface area contributed by atoms with Gasteiger partial charge in [-0.3, -0.25) is 4.79 Å². The third-order valence-corrected chi connectivity index (χ3v) is 4.11. The number of ether oxygens (including phenoxy) is 1. The minimum atomic E-state index is -0.372. The highest BCUT2D eigenvalue weighted by Gasteiger charge is 2.38. The monoisotopic (exact) mass is 303 g/mol. The van der Waals surface area contributed by atoms with E-state index in [0.717, 1.165) is 5.82 Å². The predicted molar refractivity (Wildman–Crippen MR) is 78.9 cm³/mol. The topological polar surface area (TPSA) is 58.2 Å². The number of aromatic amines is 1. The molecule has 0 saturated carbocycles. The maximum Gasteiger partial charge on any atom is 0.254 e. The molecule has 1 aromatic heterocycles. The minimum Gasteiger partial charge on any atom is -0.380 e. The summed E-state index contributed by atoms with van der Waals surface area (Å²) in [6.07, 6.45) is 4.01. The maximum absolute atomic E-state index is 13.7. The summed E-state index contributed by atoms with van der Waals surface area (Å²) < 4.78 is 19.1. The Bertz CT molecular complexity index is 672. The number of imidazole rings is 1. The van der Waals surface area contributed by atoms with Gasteiger partial charge in [0.25, 0.3) is 5.91 Å². The van der Waals surface area contributed by atoms with E-state index in [9.17, 15) is 9.18 Å². The number of hydrogen-bond donors (Lipinski definition) is 1. The number of aryl methyl sites for hydroxylation is 1. The number of hydrogen-bond acceptors (Lipinski definition) is 3. The summed E-state index contributed by atoms with van der Waals surface area (Å²) in [7, 11) is 1.63. The lowest BCUT2D eigenvalue weighted by Gasteiger charge is -2.23. The first-order valence-corrected chi connectivity index (χ1v) is 7.19. The van der Waals surface area contributed by atoms with Crippen molar-refractivity contribution in [2.45, 2.75) is 25.5 Å². The zero-order valence-electron chi connectivity index (χ0n) is 12.5. The number of likely N-dealkylation sites (tertiary alicyclic amines) is 1. The van der Waals surface area contributed by atoms with Crippen LogP contribution in [0.15, 0.2) is 30.6 Å². The lowest BCUT2D eigenvalue weighted by Crippen LogP contribution is -2.32.